The molecule has 0 fully saturated rings. The summed E-state index contributed by atoms with van der Waals surface area (Å²) >= 11 is 0. The Kier molecular flexibility index (Phi) is 3.62. The summed E-state index contributed by atoms with van der Waals surface area (Å²) in [4.78, 5) is 12.1. The van der Waals surface area contributed by atoms with Crippen molar-refractivity contribution in [3.63, 3.8) is 0 Å². The van der Waals surface area contributed by atoms with E-state index in [9.17, 15) is 14.4 Å². The van der Waals surface area contributed by atoms with Crippen molar-refractivity contribution in [2.75, 3.05) is 0 Å². The minimum Gasteiger partial charge on any atom is -0.348 e. The summed E-state index contributed by atoms with van der Waals surface area (Å²) in [7, 11) is 1.85. The molecule has 0 radical (unpaired) electrons. The van der Waals surface area contributed by atoms with Crippen molar-refractivity contribution in [1.29, 1.82) is 5.26 Å². The predicted molar refractivity (Wildman–Crippen MR) is 96.9 cm³/mol. The van der Waals surface area contributed by atoms with Gasteiger partial charge in [-0.2, -0.15) is 5.26 Å². The molecule has 0 aliphatic carbocycles. The Morgan fingerprint density at radius 3 is 2.46 bits per heavy atom. The molecule has 0 spiro atoms. The molecule has 1 N–H and O–H groups in total. The molecule has 128 valence electrons. The van der Waals surface area contributed by atoms with Crippen LogP contribution in [0.3, 0.4) is 0 Å². The van der Waals surface area contributed by atoms with Crippen molar-refractivity contribution in [3.05, 3.63) is 70.8 Å². The average molecular weight is 345 g/mol. The van der Waals surface area contributed by atoms with Crippen molar-refractivity contribution in [1.82, 2.24) is 9.88 Å². The first kappa shape index (κ1) is 16.1. The number of amides is 1. The normalized spacial score (nSPS) is 12.6. The third-order valence-electron chi connectivity index (χ3n) is 5.02. The van der Waals surface area contributed by atoms with E-state index >= 15 is 0 Å². The van der Waals surface area contributed by atoms with E-state index in [2.05, 4.69) is 11.4 Å². The van der Waals surface area contributed by atoms with Gasteiger partial charge in [0.25, 0.3) is 5.91 Å². The SMILES string of the molecule is Cc1c(-c2cc3c(cc2-c2ccc(F)cc2)C(=O)NC3)cc(C#N)n1C. The number of hydrogen-bond acceptors (Lipinski definition) is 2. The van der Waals surface area contributed by atoms with E-state index in [4.69, 9.17) is 0 Å². The lowest BCUT2D eigenvalue weighted by Gasteiger charge is -2.13. The second kappa shape index (κ2) is 5.85. The topological polar surface area (TPSA) is 57.8 Å². The fourth-order valence-corrected chi connectivity index (χ4v) is 3.44. The maximum atomic E-state index is 13.4. The zero-order valence-electron chi connectivity index (χ0n) is 14.4. The molecule has 1 aliphatic rings. The highest BCUT2D eigenvalue weighted by Crippen LogP contribution is 2.38. The Balaban J connectivity index is 2.01. The van der Waals surface area contributed by atoms with Gasteiger partial charge in [0.15, 0.2) is 0 Å². The van der Waals surface area contributed by atoms with Gasteiger partial charge >= 0.3 is 0 Å². The van der Waals surface area contributed by atoms with Gasteiger partial charge in [-0.1, -0.05) is 12.1 Å². The molecular weight excluding hydrogens is 329 g/mol. The summed E-state index contributed by atoms with van der Waals surface area (Å²) in [6, 6.07) is 14.1. The smallest absolute Gasteiger partial charge is 0.251 e. The Labute approximate surface area is 150 Å². The third-order valence-corrected chi connectivity index (χ3v) is 5.02. The standard InChI is InChI=1S/C21H16FN3O/c1-12-17(8-16(10-23)25(12)2)20-7-14-11-24-21(26)19(14)9-18(20)13-3-5-15(22)6-4-13/h3-9H,11H2,1-2H3,(H,24,26). The molecule has 2 aromatic carbocycles. The molecule has 0 saturated carbocycles. The maximum absolute atomic E-state index is 13.4. The number of hydrogen-bond donors (Lipinski definition) is 1. The molecule has 1 aromatic heterocycles. The van der Waals surface area contributed by atoms with E-state index in [0.29, 0.717) is 17.8 Å². The van der Waals surface area contributed by atoms with Crippen LogP contribution in [0.15, 0.2) is 42.5 Å². The van der Waals surface area contributed by atoms with Crippen molar-refractivity contribution < 1.29 is 9.18 Å². The average Bonchev–Trinajstić information content (AvgIpc) is 3.15. The lowest BCUT2D eigenvalue weighted by molar-refractivity contribution is 0.0966. The van der Waals surface area contributed by atoms with Gasteiger partial charge < -0.3 is 9.88 Å². The Hall–Kier alpha value is -3.39. The van der Waals surface area contributed by atoms with Crippen LogP contribution in [0.4, 0.5) is 4.39 Å². The lowest BCUT2D eigenvalue weighted by Crippen LogP contribution is -2.12. The van der Waals surface area contributed by atoms with E-state index in [1.54, 1.807) is 12.1 Å². The lowest BCUT2D eigenvalue weighted by atomic mass is 9.90. The van der Waals surface area contributed by atoms with Crippen LogP contribution in [0.2, 0.25) is 0 Å². The molecule has 3 aromatic rings. The first-order valence-corrected chi connectivity index (χ1v) is 8.27. The summed E-state index contributed by atoms with van der Waals surface area (Å²) in [5.41, 5.74) is 6.64. The number of carbonyl (C=O) groups is 1. The van der Waals surface area contributed by atoms with E-state index < -0.39 is 0 Å². The van der Waals surface area contributed by atoms with Gasteiger partial charge in [0.05, 0.1) is 0 Å². The highest BCUT2D eigenvalue weighted by atomic mass is 19.1. The number of rotatable bonds is 2. The van der Waals surface area contributed by atoms with Gasteiger partial charge in [0.2, 0.25) is 0 Å². The van der Waals surface area contributed by atoms with Gasteiger partial charge in [-0.05, 0) is 59.5 Å². The molecular formula is C21H16FN3O. The number of nitrogens with one attached hydrogen (secondary N) is 1. The summed E-state index contributed by atoms with van der Waals surface area (Å²) in [5, 5.41) is 12.2. The zero-order valence-corrected chi connectivity index (χ0v) is 14.4. The number of aromatic nitrogens is 1. The molecule has 0 atom stereocenters. The van der Waals surface area contributed by atoms with Crippen molar-refractivity contribution in [2.24, 2.45) is 7.05 Å². The first-order valence-electron chi connectivity index (χ1n) is 8.27. The monoisotopic (exact) mass is 345 g/mol. The molecule has 26 heavy (non-hydrogen) atoms. The zero-order chi connectivity index (χ0) is 18.4. The molecule has 4 rings (SSSR count). The molecule has 1 amide bonds. The van der Waals surface area contributed by atoms with E-state index in [-0.39, 0.29) is 11.7 Å². The van der Waals surface area contributed by atoms with Crippen molar-refractivity contribution >= 4 is 5.91 Å². The van der Waals surface area contributed by atoms with Crippen LogP contribution in [0.1, 0.15) is 27.3 Å². The number of carbonyl (C=O) groups excluding carboxylic acids is 1. The van der Waals surface area contributed by atoms with E-state index in [1.807, 2.05) is 36.7 Å². The van der Waals surface area contributed by atoms with Crippen LogP contribution < -0.4 is 5.32 Å². The fraction of sp³-hybridized carbons (Fsp3) is 0.143. The summed E-state index contributed by atoms with van der Waals surface area (Å²) in [5.74, 6) is -0.408. The van der Waals surface area contributed by atoms with Gasteiger partial charge in [-0.3, -0.25) is 4.79 Å². The van der Waals surface area contributed by atoms with Crippen LogP contribution in [0.5, 0.6) is 0 Å². The van der Waals surface area contributed by atoms with Gasteiger partial charge in [-0.15, -0.1) is 0 Å². The quantitative estimate of drug-likeness (QED) is 0.765. The largest absolute Gasteiger partial charge is 0.348 e. The summed E-state index contributed by atoms with van der Waals surface area (Å²) < 4.78 is 15.2. The number of nitrogens with zero attached hydrogens (tertiary/aromatic N) is 2. The molecule has 5 heteroatoms. The first-order chi connectivity index (χ1) is 12.5. The number of nitriles is 1. The minimum absolute atomic E-state index is 0.0996. The highest BCUT2D eigenvalue weighted by molar-refractivity contribution is 6.01. The predicted octanol–water partition coefficient (Wildman–Crippen LogP) is 3.92. The van der Waals surface area contributed by atoms with E-state index in [1.165, 1.54) is 12.1 Å². The fourth-order valence-electron chi connectivity index (χ4n) is 3.44. The van der Waals surface area contributed by atoms with Crippen molar-refractivity contribution in [2.45, 2.75) is 13.5 Å². The number of fused-ring (bicyclic) bond motifs is 1. The highest BCUT2D eigenvalue weighted by Gasteiger charge is 2.24. The molecule has 2 heterocycles. The second-order valence-corrected chi connectivity index (χ2v) is 6.44. The van der Waals surface area contributed by atoms with Crippen LogP contribution in [-0.2, 0) is 13.6 Å². The van der Waals surface area contributed by atoms with Gasteiger partial charge in [-0.25, -0.2) is 4.39 Å². The Morgan fingerprint density at radius 2 is 1.81 bits per heavy atom. The Bertz CT molecular complexity index is 1090. The van der Waals surface area contributed by atoms with E-state index in [0.717, 1.165) is 33.5 Å². The van der Waals surface area contributed by atoms with Crippen molar-refractivity contribution in [3.8, 4) is 28.3 Å². The minimum atomic E-state index is -0.308. The van der Waals surface area contributed by atoms with Crippen LogP contribution in [0.25, 0.3) is 22.3 Å². The number of benzene rings is 2. The van der Waals surface area contributed by atoms with Gasteiger partial charge in [0.1, 0.15) is 17.6 Å². The maximum Gasteiger partial charge on any atom is 0.251 e. The third kappa shape index (κ3) is 2.39. The number of halogens is 1. The van der Waals surface area contributed by atoms with Crippen LogP contribution in [-0.4, -0.2) is 10.5 Å². The summed E-state index contributed by atoms with van der Waals surface area (Å²) in [6.45, 7) is 2.45. The Morgan fingerprint density at radius 1 is 1.08 bits per heavy atom. The molecule has 0 saturated heterocycles. The molecule has 0 bridgehead atoms. The molecule has 1 aliphatic heterocycles. The van der Waals surface area contributed by atoms with Gasteiger partial charge in [0, 0.05) is 30.4 Å². The second-order valence-electron chi connectivity index (χ2n) is 6.44. The van der Waals surface area contributed by atoms with Crippen LogP contribution >= 0.6 is 0 Å². The molecule has 4 nitrogen and oxygen atoms in total. The molecule has 0 unspecified atom stereocenters. The summed E-state index contributed by atoms with van der Waals surface area (Å²) in [6.07, 6.45) is 0. The van der Waals surface area contributed by atoms with Crippen LogP contribution in [0, 0.1) is 24.1 Å².